The van der Waals surface area contributed by atoms with Crippen LogP contribution in [0.4, 0.5) is 0 Å². The molecule has 1 atom stereocenters. The van der Waals surface area contributed by atoms with Gasteiger partial charge in [0.1, 0.15) is 11.0 Å². The average Bonchev–Trinajstić information content (AvgIpc) is 3.07. The smallest absolute Gasteiger partial charge is 0.265 e. The Bertz CT molecular complexity index is 683. The minimum atomic E-state index is -0.0321. The maximum Gasteiger partial charge on any atom is 0.265 e. The summed E-state index contributed by atoms with van der Waals surface area (Å²) >= 11 is 1.45. The van der Waals surface area contributed by atoms with E-state index in [1.54, 1.807) is 0 Å². The second-order valence-corrected chi connectivity index (χ2v) is 6.64. The lowest BCUT2D eigenvalue weighted by atomic mass is 10.3. The molecule has 116 valence electrons. The molecule has 0 N–H and O–H groups in total. The maximum atomic E-state index is 12.5. The van der Waals surface area contributed by atoms with Crippen molar-refractivity contribution < 1.29 is 9.53 Å². The second kappa shape index (κ2) is 6.00. The summed E-state index contributed by atoms with van der Waals surface area (Å²) in [5, 5.41) is 8.90. The summed E-state index contributed by atoms with van der Waals surface area (Å²) in [7, 11) is 0. The summed E-state index contributed by atoms with van der Waals surface area (Å²) < 4.78 is 5.80. The van der Waals surface area contributed by atoms with Gasteiger partial charge in [-0.3, -0.25) is 4.79 Å². The number of amides is 1. The molecule has 0 saturated carbocycles. The van der Waals surface area contributed by atoms with Gasteiger partial charge in [-0.05, 0) is 26.8 Å². The molecule has 0 aliphatic carbocycles. The fourth-order valence-electron chi connectivity index (χ4n) is 2.50. The maximum absolute atomic E-state index is 12.5. The van der Waals surface area contributed by atoms with E-state index in [1.807, 2.05) is 37.8 Å². The average molecular weight is 318 g/mol. The molecule has 6 nitrogen and oxygen atoms in total. The minimum Gasteiger partial charge on any atom is -0.471 e. The summed E-state index contributed by atoms with van der Waals surface area (Å²) in [5.74, 6) is 0.555. The molecule has 1 fully saturated rings. The highest BCUT2D eigenvalue weighted by Crippen LogP contribution is 2.23. The van der Waals surface area contributed by atoms with Crippen LogP contribution in [0, 0.1) is 20.8 Å². The van der Waals surface area contributed by atoms with Gasteiger partial charge in [0.05, 0.1) is 22.9 Å². The highest BCUT2D eigenvalue weighted by molar-refractivity contribution is 7.13. The fourth-order valence-corrected chi connectivity index (χ4v) is 3.39. The van der Waals surface area contributed by atoms with Crippen molar-refractivity contribution in [1.29, 1.82) is 0 Å². The number of hydrogen-bond donors (Lipinski definition) is 0. The van der Waals surface area contributed by atoms with Gasteiger partial charge < -0.3 is 9.64 Å². The standard InChI is InChI=1S/C15H18N4O2S/c1-9-4-5-13(18-17-9)21-12-6-7-19(8-12)15(20)14-10(2)16-11(3)22-14/h4-5,12H,6-8H2,1-3H3/t12-/m0/s1. The van der Waals surface area contributed by atoms with E-state index in [4.69, 9.17) is 4.74 Å². The van der Waals surface area contributed by atoms with Gasteiger partial charge in [0, 0.05) is 19.0 Å². The zero-order valence-electron chi connectivity index (χ0n) is 12.9. The Morgan fingerprint density at radius 2 is 2.14 bits per heavy atom. The molecule has 1 aliphatic rings. The van der Waals surface area contributed by atoms with Crippen molar-refractivity contribution in [2.75, 3.05) is 13.1 Å². The molecule has 22 heavy (non-hydrogen) atoms. The van der Waals surface area contributed by atoms with Crippen LogP contribution in [0.15, 0.2) is 12.1 Å². The SMILES string of the molecule is Cc1ccc(O[C@H]2CCN(C(=O)c3sc(C)nc3C)C2)nn1. The van der Waals surface area contributed by atoms with Crippen LogP contribution in [0.25, 0.3) is 0 Å². The molecule has 2 aromatic rings. The Labute approximate surface area is 133 Å². The predicted molar refractivity (Wildman–Crippen MR) is 83.3 cm³/mol. The van der Waals surface area contributed by atoms with Crippen LogP contribution in [0.1, 0.15) is 32.5 Å². The molecule has 2 aromatic heterocycles. The fraction of sp³-hybridized carbons (Fsp3) is 0.467. The quantitative estimate of drug-likeness (QED) is 0.867. The van der Waals surface area contributed by atoms with Crippen LogP contribution < -0.4 is 4.74 Å². The number of hydrogen-bond acceptors (Lipinski definition) is 6. The van der Waals surface area contributed by atoms with Gasteiger partial charge in [-0.15, -0.1) is 16.4 Å². The van der Waals surface area contributed by atoms with Crippen LogP contribution in [-0.4, -0.2) is 45.2 Å². The van der Waals surface area contributed by atoms with Crippen LogP contribution in [-0.2, 0) is 0 Å². The van der Waals surface area contributed by atoms with Crippen LogP contribution in [0.2, 0.25) is 0 Å². The van der Waals surface area contributed by atoms with Gasteiger partial charge in [-0.2, -0.15) is 5.10 Å². The monoisotopic (exact) mass is 318 g/mol. The van der Waals surface area contributed by atoms with Gasteiger partial charge in [0.2, 0.25) is 5.88 Å². The van der Waals surface area contributed by atoms with E-state index < -0.39 is 0 Å². The Balaban J connectivity index is 1.63. The molecular weight excluding hydrogens is 300 g/mol. The Hall–Kier alpha value is -2.02. The van der Waals surface area contributed by atoms with Gasteiger partial charge >= 0.3 is 0 Å². The Morgan fingerprint density at radius 1 is 1.32 bits per heavy atom. The molecule has 3 heterocycles. The normalized spacial score (nSPS) is 17.8. The first-order chi connectivity index (χ1) is 10.5. The number of likely N-dealkylation sites (tertiary alicyclic amines) is 1. The Kier molecular flexibility index (Phi) is 4.06. The number of nitrogens with zero attached hydrogens (tertiary/aromatic N) is 4. The van der Waals surface area contributed by atoms with Gasteiger partial charge in [-0.25, -0.2) is 4.98 Å². The lowest BCUT2D eigenvalue weighted by Crippen LogP contribution is -2.31. The number of aromatic nitrogens is 3. The summed E-state index contributed by atoms with van der Waals surface area (Å²) in [5.41, 5.74) is 1.66. The third-order valence-electron chi connectivity index (χ3n) is 3.59. The highest BCUT2D eigenvalue weighted by atomic mass is 32.1. The third-order valence-corrected chi connectivity index (χ3v) is 4.65. The molecule has 7 heteroatoms. The Morgan fingerprint density at radius 3 is 2.77 bits per heavy atom. The number of carbonyl (C=O) groups excluding carboxylic acids is 1. The number of aryl methyl sites for hydroxylation is 3. The molecule has 0 bridgehead atoms. The van der Waals surface area contributed by atoms with Crippen molar-refractivity contribution >= 4 is 17.2 Å². The van der Waals surface area contributed by atoms with Crippen molar-refractivity contribution in [3.63, 3.8) is 0 Å². The molecule has 0 aromatic carbocycles. The van der Waals surface area contributed by atoms with E-state index in [0.717, 1.165) is 27.7 Å². The first kappa shape index (κ1) is 14.9. The van der Waals surface area contributed by atoms with E-state index >= 15 is 0 Å². The number of carbonyl (C=O) groups is 1. The molecule has 0 radical (unpaired) electrons. The van der Waals surface area contributed by atoms with Gasteiger partial charge in [0.15, 0.2) is 0 Å². The van der Waals surface area contributed by atoms with E-state index in [-0.39, 0.29) is 12.0 Å². The molecule has 0 spiro atoms. The third kappa shape index (κ3) is 3.09. The highest BCUT2D eigenvalue weighted by Gasteiger charge is 2.30. The zero-order valence-corrected chi connectivity index (χ0v) is 13.7. The van der Waals surface area contributed by atoms with Gasteiger partial charge in [-0.1, -0.05) is 0 Å². The number of rotatable bonds is 3. The van der Waals surface area contributed by atoms with Crippen molar-refractivity contribution in [3.8, 4) is 5.88 Å². The summed E-state index contributed by atoms with van der Waals surface area (Å²) in [6.07, 6.45) is 0.772. The summed E-state index contributed by atoms with van der Waals surface area (Å²) in [6.45, 7) is 6.94. The van der Waals surface area contributed by atoms with Crippen molar-refractivity contribution in [1.82, 2.24) is 20.1 Å². The van der Waals surface area contributed by atoms with E-state index in [9.17, 15) is 4.79 Å². The van der Waals surface area contributed by atoms with Crippen LogP contribution in [0.5, 0.6) is 5.88 Å². The summed E-state index contributed by atoms with van der Waals surface area (Å²) in [6, 6.07) is 3.67. The van der Waals surface area contributed by atoms with Crippen molar-refractivity contribution in [2.24, 2.45) is 0 Å². The van der Waals surface area contributed by atoms with Crippen LogP contribution in [0.3, 0.4) is 0 Å². The van der Waals surface area contributed by atoms with E-state index in [0.29, 0.717) is 19.0 Å². The molecular formula is C15H18N4O2S. The minimum absolute atomic E-state index is 0.0321. The first-order valence-corrected chi connectivity index (χ1v) is 8.05. The van der Waals surface area contributed by atoms with Crippen LogP contribution >= 0.6 is 11.3 Å². The predicted octanol–water partition coefficient (Wildman–Crippen LogP) is 2.15. The van der Waals surface area contributed by atoms with Gasteiger partial charge in [0.25, 0.3) is 5.91 Å². The van der Waals surface area contributed by atoms with E-state index in [2.05, 4.69) is 15.2 Å². The van der Waals surface area contributed by atoms with E-state index in [1.165, 1.54) is 11.3 Å². The summed E-state index contributed by atoms with van der Waals surface area (Å²) in [4.78, 5) is 19.4. The number of ether oxygens (including phenoxy) is 1. The topological polar surface area (TPSA) is 68.2 Å². The molecule has 3 rings (SSSR count). The molecule has 1 saturated heterocycles. The van der Waals surface area contributed by atoms with Crippen molar-refractivity contribution in [3.05, 3.63) is 33.4 Å². The number of thiazole rings is 1. The zero-order chi connectivity index (χ0) is 15.7. The van der Waals surface area contributed by atoms with Crippen molar-refractivity contribution in [2.45, 2.75) is 33.3 Å². The lowest BCUT2D eigenvalue weighted by Gasteiger charge is -2.16. The second-order valence-electron chi connectivity index (χ2n) is 5.44. The molecule has 1 aliphatic heterocycles. The molecule has 0 unspecified atom stereocenters. The first-order valence-electron chi connectivity index (χ1n) is 7.23. The molecule has 1 amide bonds. The largest absolute Gasteiger partial charge is 0.471 e. The lowest BCUT2D eigenvalue weighted by molar-refractivity contribution is 0.0774.